The number of pyridine rings is 1. The summed E-state index contributed by atoms with van der Waals surface area (Å²) < 4.78 is 0. The SMILES string of the molecule is N#Cc1cccnc1Sc1ccc([N+](=O)[O-])cc1C(=O)Nc1ncc(C2CCCC2)cn1. The number of nitro benzene ring substituents is 1. The summed E-state index contributed by atoms with van der Waals surface area (Å²) >= 11 is 1.09. The van der Waals surface area contributed by atoms with Crippen LogP contribution in [0.4, 0.5) is 11.6 Å². The van der Waals surface area contributed by atoms with Gasteiger partial charge in [0.2, 0.25) is 5.95 Å². The monoisotopic (exact) mass is 446 g/mol. The molecule has 4 rings (SSSR count). The van der Waals surface area contributed by atoms with E-state index in [0.29, 0.717) is 21.4 Å². The second-order valence-electron chi connectivity index (χ2n) is 7.28. The highest BCUT2D eigenvalue weighted by Crippen LogP contribution is 2.34. The van der Waals surface area contributed by atoms with E-state index >= 15 is 0 Å². The van der Waals surface area contributed by atoms with Crippen LogP contribution in [0.2, 0.25) is 0 Å². The first-order valence-corrected chi connectivity index (χ1v) is 10.8. The van der Waals surface area contributed by atoms with Gasteiger partial charge in [0, 0.05) is 35.6 Å². The van der Waals surface area contributed by atoms with Crippen molar-refractivity contribution < 1.29 is 9.72 Å². The first-order chi connectivity index (χ1) is 15.5. The highest BCUT2D eigenvalue weighted by atomic mass is 32.2. The van der Waals surface area contributed by atoms with E-state index in [-0.39, 0.29) is 17.2 Å². The molecule has 1 aromatic carbocycles. The predicted octanol–water partition coefficient (Wildman–Crippen LogP) is 4.71. The van der Waals surface area contributed by atoms with Crippen molar-refractivity contribution in [2.75, 3.05) is 5.32 Å². The maximum absolute atomic E-state index is 13.0. The van der Waals surface area contributed by atoms with E-state index in [1.807, 2.05) is 0 Å². The average molecular weight is 446 g/mol. The molecule has 1 N–H and O–H groups in total. The topological polar surface area (TPSA) is 135 Å². The molecule has 9 nitrogen and oxygen atoms in total. The number of nitrogens with one attached hydrogen (secondary N) is 1. The van der Waals surface area contributed by atoms with Gasteiger partial charge in [-0.15, -0.1) is 0 Å². The number of aromatic nitrogens is 3. The fraction of sp³-hybridized carbons (Fsp3) is 0.227. The number of nitrogens with zero attached hydrogens (tertiary/aromatic N) is 5. The van der Waals surface area contributed by atoms with Crippen LogP contribution in [0.3, 0.4) is 0 Å². The minimum atomic E-state index is -0.584. The summed E-state index contributed by atoms with van der Waals surface area (Å²) in [5.41, 5.74) is 1.24. The molecule has 0 unspecified atom stereocenters. The minimum absolute atomic E-state index is 0.0715. The molecule has 1 amide bonds. The number of amides is 1. The fourth-order valence-electron chi connectivity index (χ4n) is 3.60. The molecule has 32 heavy (non-hydrogen) atoms. The van der Waals surface area contributed by atoms with Crippen LogP contribution < -0.4 is 5.32 Å². The summed E-state index contributed by atoms with van der Waals surface area (Å²) in [6.07, 6.45) is 9.58. The highest BCUT2D eigenvalue weighted by molar-refractivity contribution is 7.99. The van der Waals surface area contributed by atoms with Crippen molar-refractivity contribution in [1.29, 1.82) is 5.26 Å². The number of non-ortho nitro benzene ring substituents is 1. The number of rotatable bonds is 6. The Balaban J connectivity index is 1.60. The molecule has 2 aromatic heterocycles. The number of hydrogen-bond acceptors (Lipinski definition) is 8. The molecule has 0 spiro atoms. The number of nitriles is 1. The van der Waals surface area contributed by atoms with Crippen LogP contribution in [0.15, 0.2) is 58.8 Å². The van der Waals surface area contributed by atoms with Crippen molar-refractivity contribution in [3.8, 4) is 6.07 Å². The van der Waals surface area contributed by atoms with Crippen molar-refractivity contribution in [3.63, 3.8) is 0 Å². The van der Waals surface area contributed by atoms with Crippen LogP contribution in [-0.2, 0) is 0 Å². The first-order valence-electron chi connectivity index (χ1n) is 10.00. The van der Waals surface area contributed by atoms with E-state index in [4.69, 9.17) is 0 Å². The Kier molecular flexibility index (Phi) is 6.37. The van der Waals surface area contributed by atoms with Crippen molar-refractivity contribution >= 4 is 29.3 Å². The third kappa shape index (κ3) is 4.73. The van der Waals surface area contributed by atoms with Gasteiger partial charge in [0.1, 0.15) is 11.1 Å². The van der Waals surface area contributed by atoms with Gasteiger partial charge in [-0.2, -0.15) is 5.26 Å². The second-order valence-corrected chi connectivity index (χ2v) is 8.31. The Morgan fingerprint density at radius 1 is 1.19 bits per heavy atom. The lowest BCUT2D eigenvalue weighted by Gasteiger charge is -2.11. The number of anilines is 1. The molecule has 1 aliphatic carbocycles. The second kappa shape index (κ2) is 9.53. The van der Waals surface area contributed by atoms with Crippen molar-refractivity contribution in [2.45, 2.75) is 41.5 Å². The van der Waals surface area contributed by atoms with Crippen LogP contribution in [0, 0.1) is 21.4 Å². The highest BCUT2D eigenvalue weighted by Gasteiger charge is 2.21. The molecule has 1 fully saturated rings. The Morgan fingerprint density at radius 2 is 1.94 bits per heavy atom. The molecule has 160 valence electrons. The Hall–Kier alpha value is -3.84. The molecule has 1 aliphatic rings. The van der Waals surface area contributed by atoms with Gasteiger partial charge in [-0.1, -0.05) is 24.6 Å². The summed E-state index contributed by atoms with van der Waals surface area (Å²) in [6.45, 7) is 0. The zero-order chi connectivity index (χ0) is 22.5. The van der Waals surface area contributed by atoms with Crippen molar-refractivity contribution in [1.82, 2.24) is 15.0 Å². The van der Waals surface area contributed by atoms with Gasteiger partial charge < -0.3 is 0 Å². The zero-order valence-electron chi connectivity index (χ0n) is 16.9. The number of nitro groups is 1. The standard InChI is InChI=1S/C22H18N6O3S/c23-11-15-6-3-9-24-21(15)32-19-8-7-17(28(30)31)10-18(19)20(29)27-22-25-12-16(13-26-22)14-4-1-2-5-14/h3,6-10,12-14H,1-2,4-5H2,(H,25,26,27,29). The Morgan fingerprint density at radius 3 is 2.62 bits per heavy atom. The van der Waals surface area contributed by atoms with Gasteiger partial charge >= 0.3 is 0 Å². The van der Waals surface area contributed by atoms with E-state index in [9.17, 15) is 20.2 Å². The van der Waals surface area contributed by atoms with Crippen molar-refractivity contribution in [3.05, 3.63) is 75.7 Å². The molecule has 10 heteroatoms. The number of hydrogen-bond donors (Lipinski definition) is 1. The molecule has 0 atom stereocenters. The van der Waals surface area contributed by atoms with Crippen LogP contribution in [-0.4, -0.2) is 25.8 Å². The van der Waals surface area contributed by atoms with E-state index in [0.717, 1.165) is 30.2 Å². The van der Waals surface area contributed by atoms with Crippen LogP contribution in [0.5, 0.6) is 0 Å². The first kappa shape index (κ1) is 21.4. The predicted molar refractivity (Wildman–Crippen MR) is 117 cm³/mol. The van der Waals surface area contributed by atoms with E-state index in [2.05, 4.69) is 26.3 Å². The van der Waals surface area contributed by atoms with E-state index in [1.165, 1.54) is 37.2 Å². The van der Waals surface area contributed by atoms with Gasteiger partial charge in [-0.05, 0) is 42.5 Å². The van der Waals surface area contributed by atoms with Gasteiger partial charge in [0.15, 0.2) is 0 Å². The minimum Gasteiger partial charge on any atom is -0.290 e. The average Bonchev–Trinajstić information content (AvgIpc) is 3.35. The van der Waals surface area contributed by atoms with Gasteiger partial charge in [-0.25, -0.2) is 15.0 Å². The third-order valence-electron chi connectivity index (χ3n) is 5.24. The third-order valence-corrected chi connectivity index (χ3v) is 6.34. The number of benzene rings is 1. The molecule has 0 bridgehead atoms. The lowest BCUT2D eigenvalue weighted by molar-refractivity contribution is -0.384. The van der Waals surface area contributed by atoms with Gasteiger partial charge in [-0.3, -0.25) is 20.2 Å². The van der Waals surface area contributed by atoms with E-state index < -0.39 is 10.8 Å². The molecular weight excluding hydrogens is 428 g/mol. The Labute approximate surface area is 188 Å². The summed E-state index contributed by atoms with van der Waals surface area (Å²) in [6, 6.07) is 9.27. The maximum atomic E-state index is 13.0. The normalized spacial score (nSPS) is 13.5. The summed E-state index contributed by atoms with van der Waals surface area (Å²) in [7, 11) is 0. The lowest BCUT2D eigenvalue weighted by atomic mass is 10.0. The largest absolute Gasteiger partial charge is 0.290 e. The van der Waals surface area contributed by atoms with E-state index in [1.54, 1.807) is 24.5 Å². The molecule has 2 heterocycles. The summed E-state index contributed by atoms with van der Waals surface area (Å²) in [5, 5.41) is 23.6. The maximum Gasteiger partial charge on any atom is 0.270 e. The molecule has 0 radical (unpaired) electrons. The van der Waals surface area contributed by atoms with Gasteiger partial charge in [0.25, 0.3) is 11.6 Å². The Bertz CT molecular complexity index is 1200. The summed E-state index contributed by atoms with van der Waals surface area (Å²) in [4.78, 5) is 36.8. The fourth-order valence-corrected chi connectivity index (χ4v) is 4.54. The molecule has 3 aromatic rings. The number of carbonyl (C=O) groups is 1. The van der Waals surface area contributed by atoms with Crippen LogP contribution in [0.25, 0.3) is 0 Å². The summed E-state index contributed by atoms with van der Waals surface area (Å²) in [5.74, 6) is -0.0127. The van der Waals surface area contributed by atoms with Gasteiger partial charge in [0.05, 0.1) is 16.1 Å². The zero-order valence-corrected chi connectivity index (χ0v) is 17.7. The lowest BCUT2D eigenvalue weighted by Crippen LogP contribution is -2.15. The van der Waals surface area contributed by atoms with Crippen LogP contribution >= 0.6 is 11.8 Å². The molecule has 0 aliphatic heterocycles. The quantitative estimate of drug-likeness (QED) is 0.425. The van der Waals surface area contributed by atoms with Crippen molar-refractivity contribution in [2.24, 2.45) is 0 Å². The molecule has 0 saturated heterocycles. The number of carbonyl (C=O) groups excluding carboxylic acids is 1. The smallest absolute Gasteiger partial charge is 0.270 e. The molecule has 1 saturated carbocycles. The van der Waals surface area contributed by atoms with Crippen LogP contribution in [0.1, 0.15) is 53.1 Å². The molecular formula is C22H18N6O3S.